The summed E-state index contributed by atoms with van der Waals surface area (Å²) in [4.78, 5) is 14.5. The molecule has 0 radical (unpaired) electrons. The van der Waals surface area contributed by atoms with Crippen molar-refractivity contribution in [2.75, 3.05) is 26.2 Å². The number of hydrogen-bond acceptors (Lipinski definition) is 3. The van der Waals surface area contributed by atoms with Gasteiger partial charge in [0.05, 0.1) is 0 Å². The lowest BCUT2D eigenvalue weighted by molar-refractivity contribution is -0.131. The van der Waals surface area contributed by atoms with E-state index in [4.69, 9.17) is 0 Å². The summed E-state index contributed by atoms with van der Waals surface area (Å²) in [6, 6.07) is 10.5. The van der Waals surface area contributed by atoms with Crippen molar-refractivity contribution in [3.05, 3.63) is 35.9 Å². The molecule has 1 amide bonds. The number of carbonyl (C=O) groups excluding carboxylic acids is 1. The third kappa shape index (κ3) is 2.65. The zero-order valence-corrected chi connectivity index (χ0v) is 11.2. The van der Waals surface area contributed by atoms with Crippen LogP contribution in [-0.4, -0.2) is 42.5 Å². The van der Waals surface area contributed by atoms with Crippen LogP contribution in [0.3, 0.4) is 0 Å². The van der Waals surface area contributed by atoms with E-state index in [0.717, 1.165) is 45.6 Å². The molecule has 0 aliphatic carbocycles. The second-order valence-electron chi connectivity index (χ2n) is 5.53. The molecule has 3 rings (SSSR count). The van der Waals surface area contributed by atoms with Crippen LogP contribution in [0, 0.1) is 0 Å². The average Bonchev–Trinajstić information content (AvgIpc) is 2.46. The molecule has 2 saturated heterocycles. The Morgan fingerprint density at radius 1 is 1.11 bits per heavy atom. The van der Waals surface area contributed by atoms with Gasteiger partial charge in [-0.05, 0) is 18.4 Å². The van der Waals surface area contributed by atoms with E-state index in [1.807, 2.05) is 6.07 Å². The van der Waals surface area contributed by atoms with Crippen LogP contribution in [0.2, 0.25) is 0 Å². The molecular weight excluding hydrogens is 238 g/mol. The fourth-order valence-electron chi connectivity index (χ4n) is 3.07. The number of likely N-dealkylation sites (tertiary alicyclic amines) is 1. The molecule has 2 aliphatic heterocycles. The van der Waals surface area contributed by atoms with Gasteiger partial charge in [-0.25, -0.2) is 0 Å². The van der Waals surface area contributed by atoms with E-state index in [0.29, 0.717) is 0 Å². The van der Waals surface area contributed by atoms with Crippen LogP contribution in [-0.2, 0) is 11.3 Å². The van der Waals surface area contributed by atoms with Gasteiger partial charge in [0.1, 0.15) is 5.54 Å². The fraction of sp³-hybridized carbons (Fsp3) is 0.533. The lowest BCUT2D eigenvalue weighted by Gasteiger charge is -2.43. The van der Waals surface area contributed by atoms with Gasteiger partial charge < -0.3 is 10.6 Å². The van der Waals surface area contributed by atoms with E-state index in [2.05, 4.69) is 39.8 Å². The molecule has 1 aromatic rings. The summed E-state index contributed by atoms with van der Waals surface area (Å²) in [6.45, 7) is 4.60. The van der Waals surface area contributed by atoms with Crippen molar-refractivity contribution in [1.29, 1.82) is 0 Å². The lowest BCUT2D eigenvalue weighted by atomic mass is 9.85. The smallest absolute Gasteiger partial charge is 0.240 e. The van der Waals surface area contributed by atoms with E-state index >= 15 is 0 Å². The summed E-state index contributed by atoms with van der Waals surface area (Å²) < 4.78 is 0. The number of piperazine rings is 1. The predicted octanol–water partition coefficient (Wildman–Crippen LogP) is 0.741. The van der Waals surface area contributed by atoms with Gasteiger partial charge in [-0.15, -0.1) is 0 Å². The first-order chi connectivity index (χ1) is 9.28. The van der Waals surface area contributed by atoms with Gasteiger partial charge in [0.2, 0.25) is 5.91 Å². The monoisotopic (exact) mass is 259 g/mol. The first-order valence-corrected chi connectivity index (χ1v) is 7.08. The zero-order valence-electron chi connectivity index (χ0n) is 11.2. The minimum Gasteiger partial charge on any atom is -0.353 e. The Morgan fingerprint density at radius 2 is 1.84 bits per heavy atom. The first-order valence-electron chi connectivity index (χ1n) is 7.08. The van der Waals surface area contributed by atoms with Crippen molar-refractivity contribution in [3.8, 4) is 0 Å². The van der Waals surface area contributed by atoms with Crippen LogP contribution in [0.25, 0.3) is 0 Å². The molecule has 2 N–H and O–H groups in total. The quantitative estimate of drug-likeness (QED) is 0.823. The van der Waals surface area contributed by atoms with Gasteiger partial charge >= 0.3 is 0 Å². The van der Waals surface area contributed by atoms with Crippen molar-refractivity contribution in [3.63, 3.8) is 0 Å². The van der Waals surface area contributed by atoms with Crippen molar-refractivity contribution in [2.24, 2.45) is 0 Å². The Bertz CT molecular complexity index is 438. The normalized spacial score (nSPS) is 23.3. The predicted molar refractivity (Wildman–Crippen MR) is 74.7 cm³/mol. The maximum Gasteiger partial charge on any atom is 0.240 e. The van der Waals surface area contributed by atoms with Crippen LogP contribution in [0.5, 0.6) is 0 Å². The number of nitrogens with zero attached hydrogens (tertiary/aromatic N) is 1. The van der Waals surface area contributed by atoms with Gasteiger partial charge in [0.15, 0.2) is 0 Å². The second-order valence-corrected chi connectivity index (χ2v) is 5.53. The number of hydrogen-bond donors (Lipinski definition) is 2. The van der Waals surface area contributed by atoms with Gasteiger partial charge in [-0.2, -0.15) is 0 Å². The SMILES string of the molecule is O=C1NCCNC12CCN(Cc1ccccc1)CC2. The summed E-state index contributed by atoms with van der Waals surface area (Å²) in [5.74, 6) is 0.193. The Kier molecular flexibility index (Phi) is 3.53. The molecule has 2 fully saturated rings. The van der Waals surface area contributed by atoms with Gasteiger partial charge in [0, 0.05) is 32.7 Å². The Morgan fingerprint density at radius 3 is 2.53 bits per heavy atom. The molecular formula is C15H21N3O. The largest absolute Gasteiger partial charge is 0.353 e. The van der Waals surface area contributed by atoms with E-state index < -0.39 is 0 Å². The highest BCUT2D eigenvalue weighted by Gasteiger charge is 2.42. The number of nitrogens with one attached hydrogen (secondary N) is 2. The highest BCUT2D eigenvalue weighted by atomic mass is 16.2. The van der Waals surface area contributed by atoms with E-state index in [-0.39, 0.29) is 11.4 Å². The topological polar surface area (TPSA) is 44.4 Å². The molecule has 4 nitrogen and oxygen atoms in total. The first kappa shape index (κ1) is 12.6. The van der Waals surface area contributed by atoms with Crippen LogP contribution in [0.1, 0.15) is 18.4 Å². The maximum absolute atomic E-state index is 12.0. The van der Waals surface area contributed by atoms with E-state index in [9.17, 15) is 4.79 Å². The number of carbonyl (C=O) groups is 1. The van der Waals surface area contributed by atoms with Gasteiger partial charge in [-0.1, -0.05) is 30.3 Å². The highest BCUT2D eigenvalue weighted by Crippen LogP contribution is 2.24. The molecule has 4 heteroatoms. The number of rotatable bonds is 2. The molecule has 0 unspecified atom stereocenters. The van der Waals surface area contributed by atoms with E-state index in [1.54, 1.807) is 0 Å². The lowest BCUT2D eigenvalue weighted by Crippen LogP contribution is -2.66. The number of benzene rings is 1. The standard InChI is InChI=1S/C15H21N3O/c19-14-15(17-9-8-16-14)6-10-18(11-7-15)12-13-4-2-1-3-5-13/h1-5,17H,6-12H2,(H,16,19). The number of piperidine rings is 1. The van der Waals surface area contributed by atoms with Crippen molar-refractivity contribution in [1.82, 2.24) is 15.5 Å². The molecule has 102 valence electrons. The second kappa shape index (κ2) is 5.31. The summed E-state index contributed by atoms with van der Waals surface area (Å²) in [5, 5.41) is 6.42. The Hall–Kier alpha value is -1.39. The molecule has 0 bridgehead atoms. The molecule has 19 heavy (non-hydrogen) atoms. The summed E-state index contributed by atoms with van der Waals surface area (Å²) in [7, 11) is 0. The Labute approximate surface area is 114 Å². The highest BCUT2D eigenvalue weighted by molar-refractivity contribution is 5.87. The molecule has 1 spiro atoms. The van der Waals surface area contributed by atoms with Crippen LogP contribution < -0.4 is 10.6 Å². The third-order valence-corrected chi connectivity index (χ3v) is 4.27. The van der Waals surface area contributed by atoms with Crippen molar-refractivity contribution in [2.45, 2.75) is 24.9 Å². The zero-order chi connectivity index (χ0) is 13.1. The molecule has 0 saturated carbocycles. The Balaban J connectivity index is 1.59. The summed E-state index contributed by atoms with van der Waals surface area (Å²) in [6.07, 6.45) is 1.82. The molecule has 1 aromatic carbocycles. The fourth-order valence-corrected chi connectivity index (χ4v) is 3.07. The molecule has 2 aliphatic rings. The summed E-state index contributed by atoms with van der Waals surface area (Å²) >= 11 is 0. The van der Waals surface area contributed by atoms with Crippen LogP contribution in [0.15, 0.2) is 30.3 Å². The summed E-state index contributed by atoms with van der Waals surface area (Å²) in [5.41, 5.74) is 1.05. The molecule has 2 heterocycles. The van der Waals surface area contributed by atoms with E-state index in [1.165, 1.54) is 5.56 Å². The van der Waals surface area contributed by atoms with Crippen LogP contribution in [0.4, 0.5) is 0 Å². The minimum atomic E-state index is -0.300. The van der Waals surface area contributed by atoms with Crippen molar-refractivity contribution >= 4 is 5.91 Å². The average molecular weight is 259 g/mol. The van der Waals surface area contributed by atoms with Gasteiger partial charge in [0.25, 0.3) is 0 Å². The minimum absolute atomic E-state index is 0.193. The molecule has 0 atom stereocenters. The molecule has 0 aromatic heterocycles. The third-order valence-electron chi connectivity index (χ3n) is 4.27. The maximum atomic E-state index is 12.0. The van der Waals surface area contributed by atoms with Gasteiger partial charge in [-0.3, -0.25) is 9.69 Å². The van der Waals surface area contributed by atoms with Crippen LogP contribution >= 0.6 is 0 Å². The van der Waals surface area contributed by atoms with Crippen molar-refractivity contribution < 1.29 is 4.79 Å². The number of amides is 1.